The Morgan fingerprint density at radius 2 is 1.73 bits per heavy atom. The van der Waals surface area contributed by atoms with E-state index in [1.165, 1.54) is 12.1 Å². The molecule has 1 N–H and O–H groups in total. The van der Waals surface area contributed by atoms with Gasteiger partial charge in [-0.2, -0.15) is 0 Å². The molecule has 0 saturated carbocycles. The van der Waals surface area contributed by atoms with Crippen molar-refractivity contribution in [2.45, 2.75) is 58.9 Å². The number of halogens is 2. The SMILES string of the molecule is CC(C)(C)C[C@H]1CCCN1C(=O)Nc1cc(F)c(N2CCCC2)c(F)c1. The van der Waals surface area contributed by atoms with E-state index in [9.17, 15) is 13.6 Å². The molecule has 0 unspecified atom stereocenters. The lowest BCUT2D eigenvalue weighted by Gasteiger charge is -2.30. The normalized spacial score (nSPS) is 20.7. The van der Waals surface area contributed by atoms with E-state index in [0.29, 0.717) is 19.6 Å². The van der Waals surface area contributed by atoms with Crippen LogP contribution in [0.5, 0.6) is 0 Å². The number of hydrogen-bond donors (Lipinski definition) is 1. The summed E-state index contributed by atoms with van der Waals surface area (Å²) in [5, 5.41) is 2.69. The van der Waals surface area contributed by atoms with E-state index < -0.39 is 11.6 Å². The van der Waals surface area contributed by atoms with Gasteiger partial charge in [0.25, 0.3) is 0 Å². The Labute approximate surface area is 154 Å². The first-order valence-electron chi connectivity index (χ1n) is 9.56. The topological polar surface area (TPSA) is 35.6 Å². The largest absolute Gasteiger partial charge is 0.367 e. The second-order valence-corrected chi connectivity index (χ2v) is 8.67. The minimum atomic E-state index is -0.616. The quantitative estimate of drug-likeness (QED) is 0.818. The number of likely N-dealkylation sites (tertiary alicyclic amines) is 1. The van der Waals surface area contributed by atoms with Gasteiger partial charge in [-0.3, -0.25) is 0 Å². The molecule has 0 aromatic heterocycles. The number of benzene rings is 1. The third-order valence-corrected chi connectivity index (χ3v) is 5.18. The van der Waals surface area contributed by atoms with Crippen molar-refractivity contribution in [2.24, 2.45) is 5.41 Å². The fourth-order valence-corrected chi connectivity index (χ4v) is 4.10. The number of carbonyl (C=O) groups excluding carboxylic acids is 1. The predicted molar refractivity (Wildman–Crippen MR) is 101 cm³/mol. The highest BCUT2D eigenvalue weighted by molar-refractivity contribution is 5.90. The number of carbonyl (C=O) groups is 1. The van der Waals surface area contributed by atoms with Gasteiger partial charge in [0.2, 0.25) is 0 Å². The molecule has 2 amide bonds. The third kappa shape index (κ3) is 4.27. The summed E-state index contributed by atoms with van der Waals surface area (Å²) in [6, 6.07) is 2.35. The Balaban J connectivity index is 1.71. The van der Waals surface area contributed by atoms with Gasteiger partial charge in [-0.05, 0) is 49.7 Å². The van der Waals surface area contributed by atoms with Gasteiger partial charge >= 0.3 is 6.03 Å². The van der Waals surface area contributed by atoms with Gasteiger partial charge in [-0.25, -0.2) is 13.6 Å². The van der Waals surface area contributed by atoms with Gasteiger partial charge in [0.1, 0.15) is 5.69 Å². The first-order valence-corrected chi connectivity index (χ1v) is 9.56. The molecule has 26 heavy (non-hydrogen) atoms. The van der Waals surface area contributed by atoms with Crippen molar-refractivity contribution in [3.8, 4) is 0 Å². The van der Waals surface area contributed by atoms with Crippen molar-refractivity contribution in [2.75, 3.05) is 29.9 Å². The number of amides is 2. The van der Waals surface area contributed by atoms with Crippen LogP contribution in [0.25, 0.3) is 0 Å². The molecule has 4 nitrogen and oxygen atoms in total. The fraction of sp³-hybridized carbons (Fsp3) is 0.650. The zero-order chi connectivity index (χ0) is 18.9. The summed E-state index contributed by atoms with van der Waals surface area (Å²) in [5.41, 5.74) is 0.324. The van der Waals surface area contributed by atoms with Crippen molar-refractivity contribution in [3.63, 3.8) is 0 Å². The van der Waals surface area contributed by atoms with E-state index in [4.69, 9.17) is 0 Å². The first kappa shape index (κ1) is 18.9. The number of anilines is 2. The number of nitrogens with one attached hydrogen (secondary N) is 1. The van der Waals surface area contributed by atoms with E-state index in [0.717, 1.165) is 32.1 Å². The average molecular weight is 365 g/mol. The van der Waals surface area contributed by atoms with Crippen molar-refractivity contribution in [1.82, 2.24) is 4.90 Å². The molecule has 2 heterocycles. The first-order chi connectivity index (χ1) is 12.2. The summed E-state index contributed by atoms with van der Waals surface area (Å²) in [5.74, 6) is -1.23. The van der Waals surface area contributed by atoms with E-state index >= 15 is 0 Å². The second-order valence-electron chi connectivity index (χ2n) is 8.67. The Morgan fingerprint density at radius 3 is 2.31 bits per heavy atom. The van der Waals surface area contributed by atoms with Crippen LogP contribution >= 0.6 is 0 Å². The van der Waals surface area contributed by atoms with Crippen molar-refractivity contribution >= 4 is 17.4 Å². The molecular weight excluding hydrogens is 336 g/mol. The minimum absolute atomic E-state index is 0.0206. The van der Waals surface area contributed by atoms with Crippen LogP contribution in [0.15, 0.2) is 12.1 Å². The molecule has 0 aliphatic carbocycles. The van der Waals surface area contributed by atoms with Crippen molar-refractivity contribution < 1.29 is 13.6 Å². The van der Waals surface area contributed by atoms with Crippen LogP contribution in [0.1, 0.15) is 52.9 Å². The highest BCUT2D eigenvalue weighted by Crippen LogP contribution is 2.32. The Bertz CT molecular complexity index is 643. The Kier molecular flexibility index (Phi) is 5.39. The monoisotopic (exact) mass is 365 g/mol. The van der Waals surface area contributed by atoms with Crippen LogP contribution in [0.4, 0.5) is 25.0 Å². The minimum Gasteiger partial charge on any atom is -0.367 e. The standard InChI is InChI=1S/C20H29F2N3O/c1-20(2,3)13-15-7-6-10-25(15)19(26)23-14-11-16(21)18(17(22)12-14)24-8-4-5-9-24/h11-12,15H,4-10,13H2,1-3H3,(H,23,26)/t15-/m1/s1. The number of nitrogens with zero attached hydrogens (tertiary/aromatic N) is 2. The molecule has 0 bridgehead atoms. The molecule has 144 valence electrons. The maximum absolute atomic E-state index is 14.4. The predicted octanol–water partition coefficient (Wildman–Crippen LogP) is 5.00. The molecule has 2 aliphatic rings. The second kappa shape index (κ2) is 7.41. The van der Waals surface area contributed by atoms with Gasteiger partial charge in [-0.1, -0.05) is 20.8 Å². The summed E-state index contributed by atoms with van der Waals surface area (Å²) in [6.07, 6.45) is 4.74. The lowest BCUT2D eigenvalue weighted by Crippen LogP contribution is -2.40. The average Bonchev–Trinajstić information content (AvgIpc) is 3.16. The summed E-state index contributed by atoms with van der Waals surface area (Å²) < 4.78 is 28.9. The zero-order valence-electron chi connectivity index (χ0n) is 15.9. The van der Waals surface area contributed by atoms with E-state index in [1.807, 2.05) is 0 Å². The Hall–Kier alpha value is -1.85. The van der Waals surface area contributed by atoms with Crippen molar-refractivity contribution in [3.05, 3.63) is 23.8 Å². The maximum Gasteiger partial charge on any atom is 0.322 e. The summed E-state index contributed by atoms with van der Waals surface area (Å²) in [4.78, 5) is 16.2. The van der Waals surface area contributed by atoms with E-state index in [1.54, 1.807) is 9.80 Å². The van der Waals surface area contributed by atoms with E-state index in [2.05, 4.69) is 26.1 Å². The molecule has 6 heteroatoms. The summed E-state index contributed by atoms with van der Waals surface area (Å²) in [7, 11) is 0. The molecule has 1 aromatic rings. The van der Waals surface area contributed by atoms with Crippen LogP contribution < -0.4 is 10.2 Å². The third-order valence-electron chi connectivity index (χ3n) is 5.18. The molecule has 2 saturated heterocycles. The summed E-state index contributed by atoms with van der Waals surface area (Å²) >= 11 is 0. The fourth-order valence-electron chi connectivity index (χ4n) is 4.10. The van der Waals surface area contributed by atoms with Gasteiger partial charge in [0, 0.05) is 31.4 Å². The number of hydrogen-bond acceptors (Lipinski definition) is 2. The maximum atomic E-state index is 14.4. The van der Waals surface area contributed by atoms with Crippen LogP contribution in [-0.4, -0.2) is 36.6 Å². The van der Waals surface area contributed by atoms with Gasteiger partial charge in [0.05, 0.1) is 0 Å². The lowest BCUT2D eigenvalue weighted by molar-refractivity contribution is 0.187. The molecule has 0 radical (unpaired) electrons. The molecule has 2 fully saturated rings. The van der Waals surface area contributed by atoms with Gasteiger partial charge in [0.15, 0.2) is 11.6 Å². The molecule has 1 aromatic carbocycles. The molecule has 2 aliphatic heterocycles. The molecule has 3 rings (SSSR count). The van der Waals surface area contributed by atoms with Crippen LogP contribution in [0, 0.1) is 17.0 Å². The number of rotatable bonds is 3. The smallest absolute Gasteiger partial charge is 0.322 e. The molecular formula is C20H29F2N3O. The van der Waals surface area contributed by atoms with Gasteiger partial charge < -0.3 is 15.1 Å². The molecule has 1 atom stereocenters. The molecule has 0 spiro atoms. The number of urea groups is 1. The highest BCUT2D eigenvalue weighted by Gasteiger charge is 2.32. The van der Waals surface area contributed by atoms with Crippen LogP contribution in [-0.2, 0) is 0 Å². The van der Waals surface area contributed by atoms with Crippen molar-refractivity contribution in [1.29, 1.82) is 0 Å². The van der Waals surface area contributed by atoms with E-state index in [-0.39, 0.29) is 28.9 Å². The van der Waals surface area contributed by atoms with Gasteiger partial charge in [-0.15, -0.1) is 0 Å². The lowest BCUT2D eigenvalue weighted by atomic mass is 9.87. The summed E-state index contributed by atoms with van der Waals surface area (Å²) in [6.45, 7) is 8.49. The van der Waals surface area contributed by atoms with Crippen LogP contribution in [0.3, 0.4) is 0 Å². The Morgan fingerprint density at radius 1 is 1.12 bits per heavy atom. The highest BCUT2D eigenvalue weighted by atomic mass is 19.1. The zero-order valence-corrected chi connectivity index (χ0v) is 15.9. The van der Waals surface area contributed by atoms with Crippen LogP contribution in [0.2, 0.25) is 0 Å².